The molecule has 0 radical (unpaired) electrons. The predicted octanol–water partition coefficient (Wildman–Crippen LogP) is 3.71. The maximum absolute atomic E-state index is 13.2. The van der Waals surface area contributed by atoms with E-state index in [1.54, 1.807) is 31.2 Å². The zero-order valence-electron chi connectivity index (χ0n) is 15.3. The quantitative estimate of drug-likeness (QED) is 0.704. The standard InChI is InChI=1S/C22H17FN2O3/c1-13-18(12-24)21(27)25(14(2)15-6-4-3-5-7-15)22(28)19(13)20(26)16-8-10-17(23)11-9-16/h3-11,14,28H,1-2H3. The number of carbonyl (C=O) groups is 1. The molecule has 1 atom stereocenters. The van der Waals surface area contributed by atoms with E-state index in [1.165, 1.54) is 19.1 Å². The third-order valence-electron chi connectivity index (χ3n) is 4.75. The molecule has 1 aromatic heterocycles. The number of nitrogens with zero attached hydrogens (tertiary/aromatic N) is 2. The number of pyridine rings is 1. The molecular weight excluding hydrogens is 359 g/mol. The Kier molecular flexibility index (Phi) is 5.10. The number of benzene rings is 2. The summed E-state index contributed by atoms with van der Waals surface area (Å²) in [5.41, 5.74) is -0.0778. The van der Waals surface area contributed by atoms with Crippen LogP contribution in [0.25, 0.3) is 0 Å². The van der Waals surface area contributed by atoms with Gasteiger partial charge in [0.2, 0.25) is 5.88 Å². The number of aromatic hydroxyl groups is 1. The van der Waals surface area contributed by atoms with E-state index >= 15 is 0 Å². The molecule has 0 bridgehead atoms. The van der Waals surface area contributed by atoms with Gasteiger partial charge in [0, 0.05) is 5.56 Å². The molecule has 0 saturated carbocycles. The summed E-state index contributed by atoms with van der Waals surface area (Å²) in [5.74, 6) is -1.62. The van der Waals surface area contributed by atoms with Crippen LogP contribution in [0.3, 0.4) is 0 Å². The number of rotatable bonds is 4. The van der Waals surface area contributed by atoms with Gasteiger partial charge in [0.15, 0.2) is 5.78 Å². The second-order valence-electron chi connectivity index (χ2n) is 6.41. The van der Waals surface area contributed by atoms with E-state index in [4.69, 9.17) is 0 Å². The van der Waals surface area contributed by atoms with Crippen LogP contribution in [0.15, 0.2) is 59.4 Å². The minimum atomic E-state index is -0.676. The Morgan fingerprint density at radius 3 is 2.32 bits per heavy atom. The van der Waals surface area contributed by atoms with Crippen molar-refractivity contribution in [1.29, 1.82) is 5.26 Å². The molecule has 0 aliphatic rings. The minimum absolute atomic E-state index is 0.0934. The SMILES string of the molecule is Cc1c(C(=O)c2ccc(F)cc2)c(O)n(C(C)c2ccccc2)c(=O)c1C#N. The summed E-state index contributed by atoms with van der Waals surface area (Å²) in [4.78, 5) is 25.8. The maximum atomic E-state index is 13.2. The van der Waals surface area contributed by atoms with Crippen LogP contribution >= 0.6 is 0 Å². The summed E-state index contributed by atoms with van der Waals surface area (Å²) < 4.78 is 14.2. The van der Waals surface area contributed by atoms with Gasteiger partial charge in [-0.2, -0.15) is 5.26 Å². The number of nitriles is 1. The van der Waals surface area contributed by atoms with Crippen molar-refractivity contribution in [3.05, 3.63) is 98.6 Å². The Morgan fingerprint density at radius 1 is 1.14 bits per heavy atom. The fourth-order valence-corrected chi connectivity index (χ4v) is 3.18. The number of aromatic nitrogens is 1. The van der Waals surface area contributed by atoms with Gasteiger partial charge in [-0.15, -0.1) is 0 Å². The van der Waals surface area contributed by atoms with Crippen molar-refractivity contribution in [2.24, 2.45) is 0 Å². The van der Waals surface area contributed by atoms with Crippen LogP contribution in [0.4, 0.5) is 4.39 Å². The first-order valence-corrected chi connectivity index (χ1v) is 8.60. The molecule has 5 nitrogen and oxygen atoms in total. The molecule has 1 N–H and O–H groups in total. The van der Waals surface area contributed by atoms with Gasteiger partial charge in [-0.1, -0.05) is 30.3 Å². The van der Waals surface area contributed by atoms with Crippen LogP contribution in [0.1, 0.15) is 45.6 Å². The van der Waals surface area contributed by atoms with Crippen molar-refractivity contribution < 1.29 is 14.3 Å². The highest BCUT2D eigenvalue weighted by Crippen LogP contribution is 2.29. The maximum Gasteiger partial charge on any atom is 0.272 e. The largest absolute Gasteiger partial charge is 0.494 e. The van der Waals surface area contributed by atoms with Crippen molar-refractivity contribution in [2.75, 3.05) is 0 Å². The van der Waals surface area contributed by atoms with Crippen molar-refractivity contribution in [2.45, 2.75) is 19.9 Å². The lowest BCUT2D eigenvalue weighted by atomic mass is 9.96. The monoisotopic (exact) mass is 376 g/mol. The zero-order valence-corrected chi connectivity index (χ0v) is 15.3. The predicted molar refractivity (Wildman–Crippen MR) is 102 cm³/mol. The Hall–Kier alpha value is -3.72. The van der Waals surface area contributed by atoms with Crippen LogP contribution in [0, 0.1) is 24.1 Å². The molecule has 0 aliphatic heterocycles. The van der Waals surface area contributed by atoms with Gasteiger partial charge in [-0.05, 0) is 49.2 Å². The molecule has 28 heavy (non-hydrogen) atoms. The van der Waals surface area contributed by atoms with E-state index in [-0.39, 0.29) is 22.3 Å². The number of hydrogen-bond acceptors (Lipinski definition) is 4. The Balaban J connectivity index is 2.27. The lowest BCUT2D eigenvalue weighted by Crippen LogP contribution is -2.29. The highest BCUT2D eigenvalue weighted by atomic mass is 19.1. The third kappa shape index (κ3) is 3.19. The van der Waals surface area contributed by atoms with E-state index in [0.717, 1.165) is 22.3 Å². The van der Waals surface area contributed by atoms with Crippen LogP contribution in [0.2, 0.25) is 0 Å². The Morgan fingerprint density at radius 2 is 1.75 bits per heavy atom. The van der Waals surface area contributed by atoms with Crippen molar-refractivity contribution in [1.82, 2.24) is 4.57 Å². The van der Waals surface area contributed by atoms with E-state index in [0.29, 0.717) is 0 Å². The van der Waals surface area contributed by atoms with Gasteiger partial charge in [0.25, 0.3) is 5.56 Å². The summed E-state index contributed by atoms with van der Waals surface area (Å²) in [6, 6.07) is 15.0. The molecular formula is C22H17FN2O3. The Labute approximate surface area is 160 Å². The van der Waals surface area contributed by atoms with Crippen molar-refractivity contribution in [3.8, 4) is 11.9 Å². The molecule has 140 valence electrons. The molecule has 0 spiro atoms. The first kappa shape index (κ1) is 19.1. The van der Waals surface area contributed by atoms with Gasteiger partial charge in [-0.3, -0.25) is 14.2 Å². The molecule has 0 fully saturated rings. The molecule has 0 amide bonds. The van der Waals surface area contributed by atoms with Crippen LogP contribution < -0.4 is 5.56 Å². The van der Waals surface area contributed by atoms with E-state index in [1.807, 2.05) is 12.1 Å². The second kappa shape index (κ2) is 7.49. The molecule has 3 aromatic rings. The van der Waals surface area contributed by atoms with Gasteiger partial charge in [-0.25, -0.2) is 4.39 Å². The van der Waals surface area contributed by atoms with Crippen molar-refractivity contribution >= 4 is 5.78 Å². The molecule has 6 heteroatoms. The van der Waals surface area contributed by atoms with E-state index < -0.39 is 29.1 Å². The number of hydrogen-bond donors (Lipinski definition) is 1. The summed E-state index contributed by atoms with van der Waals surface area (Å²) in [5, 5.41) is 20.3. The number of carbonyl (C=O) groups excluding carboxylic acids is 1. The molecule has 1 heterocycles. The summed E-state index contributed by atoms with van der Waals surface area (Å²) in [7, 11) is 0. The van der Waals surface area contributed by atoms with Gasteiger partial charge in [0.05, 0.1) is 11.6 Å². The van der Waals surface area contributed by atoms with Crippen LogP contribution in [-0.2, 0) is 0 Å². The van der Waals surface area contributed by atoms with Crippen LogP contribution in [-0.4, -0.2) is 15.5 Å². The topological polar surface area (TPSA) is 83.1 Å². The van der Waals surface area contributed by atoms with E-state index in [2.05, 4.69) is 0 Å². The van der Waals surface area contributed by atoms with Crippen LogP contribution in [0.5, 0.6) is 5.88 Å². The summed E-state index contributed by atoms with van der Waals surface area (Å²) >= 11 is 0. The average Bonchev–Trinajstić information content (AvgIpc) is 2.69. The average molecular weight is 376 g/mol. The first-order chi connectivity index (χ1) is 13.4. The molecule has 1 unspecified atom stereocenters. The normalized spacial score (nSPS) is 11.6. The summed E-state index contributed by atoms with van der Waals surface area (Å²) in [6.45, 7) is 3.13. The smallest absolute Gasteiger partial charge is 0.272 e. The Bertz CT molecular complexity index is 1140. The zero-order chi connectivity index (χ0) is 20.4. The van der Waals surface area contributed by atoms with Crippen molar-refractivity contribution in [3.63, 3.8) is 0 Å². The third-order valence-corrected chi connectivity index (χ3v) is 4.75. The molecule has 2 aromatic carbocycles. The van der Waals surface area contributed by atoms with Gasteiger partial charge < -0.3 is 5.11 Å². The lowest BCUT2D eigenvalue weighted by Gasteiger charge is -2.21. The molecule has 0 saturated heterocycles. The first-order valence-electron chi connectivity index (χ1n) is 8.60. The number of halogens is 1. The van der Waals surface area contributed by atoms with Gasteiger partial charge >= 0.3 is 0 Å². The van der Waals surface area contributed by atoms with E-state index in [9.17, 15) is 24.3 Å². The minimum Gasteiger partial charge on any atom is -0.494 e. The molecule has 3 rings (SSSR count). The molecule has 0 aliphatic carbocycles. The fourth-order valence-electron chi connectivity index (χ4n) is 3.18. The highest BCUT2D eigenvalue weighted by Gasteiger charge is 2.27. The number of ketones is 1. The highest BCUT2D eigenvalue weighted by molar-refractivity contribution is 6.11. The second-order valence-corrected chi connectivity index (χ2v) is 6.41. The fraction of sp³-hybridized carbons (Fsp3) is 0.136. The summed E-state index contributed by atoms with van der Waals surface area (Å²) in [6.07, 6.45) is 0. The van der Waals surface area contributed by atoms with Gasteiger partial charge in [0.1, 0.15) is 17.4 Å². The lowest BCUT2D eigenvalue weighted by molar-refractivity contribution is 0.103.